The second-order valence-corrected chi connectivity index (χ2v) is 5.68. The Morgan fingerprint density at radius 3 is 2.72 bits per heavy atom. The highest BCUT2D eigenvalue weighted by Crippen LogP contribution is 2.31. The number of esters is 1. The molecular weight excluding hydrogens is 294 g/mol. The largest absolute Gasteiger partial charge is 0.460 e. The fraction of sp³-hybridized carbons (Fsp3) is 0.500. The monoisotopic (exact) mass is 311 g/mol. The number of carbonyl (C=O) groups excluding carboxylic acids is 1. The van der Waals surface area contributed by atoms with Gasteiger partial charge in [0.2, 0.25) is 0 Å². The SMILES string of the molecule is CCC1(C(=O)OCc2ccc(Br)cc2)CCNC1. The van der Waals surface area contributed by atoms with Crippen LogP contribution in [0.4, 0.5) is 0 Å². The van der Waals surface area contributed by atoms with Crippen LogP contribution in [0.1, 0.15) is 25.3 Å². The highest BCUT2D eigenvalue weighted by atomic mass is 79.9. The van der Waals surface area contributed by atoms with E-state index in [1.165, 1.54) is 0 Å². The predicted molar refractivity (Wildman–Crippen MR) is 74.1 cm³/mol. The number of rotatable bonds is 4. The van der Waals surface area contributed by atoms with Crippen LogP contribution in [0.2, 0.25) is 0 Å². The van der Waals surface area contributed by atoms with Gasteiger partial charge in [0, 0.05) is 11.0 Å². The zero-order valence-electron chi connectivity index (χ0n) is 10.5. The highest BCUT2D eigenvalue weighted by Gasteiger charge is 2.40. The summed E-state index contributed by atoms with van der Waals surface area (Å²) in [5.41, 5.74) is 0.707. The van der Waals surface area contributed by atoms with Crippen LogP contribution in [0.15, 0.2) is 28.7 Å². The first kappa shape index (κ1) is 13.6. The lowest BCUT2D eigenvalue weighted by Crippen LogP contribution is -2.34. The molecule has 0 bridgehead atoms. The van der Waals surface area contributed by atoms with Gasteiger partial charge in [0.1, 0.15) is 6.61 Å². The number of benzene rings is 1. The van der Waals surface area contributed by atoms with Gasteiger partial charge in [-0.05, 0) is 37.1 Å². The Hall–Kier alpha value is -0.870. The van der Waals surface area contributed by atoms with E-state index in [0.717, 1.165) is 36.0 Å². The Bertz CT molecular complexity index is 410. The quantitative estimate of drug-likeness (QED) is 0.869. The molecule has 1 saturated heterocycles. The van der Waals surface area contributed by atoms with E-state index in [1.807, 2.05) is 31.2 Å². The smallest absolute Gasteiger partial charge is 0.313 e. The molecule has 18 heavy (non-hydrogen) atoms. The van der Waals surface area contributed by atoms with E-state index in [2.05, 4.69) is 21.2 Å². The van der Waals surface area contributed by atoms with Crippen LogP contribution in [0, 0.1) is 5.41 Å². The van der Waals surface area contributed by atoms with Gasteiger partial charge >= 0.3 is 5.97 Å². The number of hydrogen-bond acceptors (Lipinski definition) is 3. The molecule has 3 nitrogen and oxygen atoms in total. The Morgan fingerprint density at radius 1 is 1.44 bits per heavy atom. The lowest BCUT2D eigenvalue weighted by atomic mass is 9.84. The van der Waals surface area contributed by atoms with E-state index in [9.17, 15) is 4.79 Å². The molecule has 1 unspecified atom stereocenters. The van der Waals surface area contributed by atoms with E-state index in [0.29, 0.717) is 6.61 Å². The third kappa shape index (κ3) is 2.93. The summed E-state index contributed by atoms with van der Waals surface area (Å²) in [6.07, 6.45) is 1.71. The second-order valence-electron chi connectivity index (χ2n) is 4.76. The van der Waals surface area contributed by atoms with Crippen molar-refractivity contribution >= 4 is 21.9 Å². The molecule has 0 spiro atoms. The van der Waals surface area contributed by atoms with Crippen molar-refractivity contribution in [2.45, 2.75) is 26.4 Å². The summed E-state index contributed by atoms with van der Waals surface area (Å²) >= 11 is 3.38. The van der Waals surface area contributed by atoms with Crippen LogP contribution >= 0.6 is 15.9 Å². The molecule has 0 saturated carbocycles. The minimum absolute atomic E-state index is 0.0714. The van der Waals surface area contributed by atoms with Crippen LogP contribution in [0.3, 0.4) is 0 Å². The third-order valence-corrected chi connectivity index (χ3v) is 4.17. The minimum Gasteiger partial charge on any atom is -0.460 e. The van der Waals surface area contributed by atoms with Crippen molar-refractivity contribution in [2.24, 2.45) is 5.41 Å². The Balaban J connectivity index is 1.93. The summed E-state index contributed by atoms with van der Waals surface area (Å²) in [7, 11) is 0. The van der Waals surface area contributed by atoms with Crippen molar-refractivity contribution in [3.05, 3.63) is 34.3 Å². The van der Waals surface area contributed by atoms with Crippen LogP contribution in [0.5, 0.6) is 0 Å². The molecule has 0 aromatic heterocycles. The number of nitrogens with one attached hydrogen (secondary N) is 1. The van der Waals surface area contributed by atoms with Gasteiger partial charge in [0.25, 0.3) is 0 Å². The average molecular weight is 312 g/mol. The maximum absolute atomic E-state index is 12.2. The van der Waals surface area contributed by atoms with Crippen molar-refractivity contribution in [2.75, 3.05) is 13.1 Å². The van der Waals surface area contributed by atoms with Crippen molar-refractivity contribution in [3.63, 3.8) is 0 Å². The van der Waals surface area contributed by atoms with Gasteiger partial charge in [-0.2, -0.15) is 0 Å². The van der Waals surface area contributed by atoms with E-state index in [4.69, 9.17) is 4.74 Å². The first-order valence-electron chi connectivity index (χ1n) is 6.29. The predicted octanol–water partition coefficient (Wildman–Crippen LogP) is 2.88. The summed E-state index contributed by atoms with van der Waals surface area (Å²) in [6, 6.07) is 7.83. The molecule has 1 N–H and O–H groups in total. The Labute approximate surface area is 116 Å². The van der Waals surface area contributed by atoms with E-state index >= 15 is 0 Å². The van der Waals surface area contributed by atoms with Crippen molar-refractivity contribution < 1.29 is 9.53 Å². The number of carbonyl (C=O) groups is 1. The normalized spacial score (nSPS) is 23.0. The summed E-state index contributed by atoms with van der Waals surface area (Å²) in [6.45, 7) is 4.05. The number of hydrogen-bond donors (Lipinski definition) is 1. The highest BCUT2D eigenvalue weighted by molar-refractivity contribution is 9.10. The summed E-state index contributed by atoms with van der Waals surface area (Å²) < 4.78 is 6.48. The van der Waals surface area contributed by atoms with E-state index < -0.39 is 0 Å². The zero-order valence-corrected chi connectivity index (χ0v) is 12.1. The van der Waals surface area contributed by atoms with Gasteiger partial charge in [0.15, 0.2) is 0 Å². The van der Waals surface area contributed by atoms with Crippen LogP contribution < -0.4 is 5.32 Å². The molecule has 1 atom stereocenters. The Morgan fingerprint density at radius 2 is 2.17 bits per heavy atom. The molecule has 2 rings (SSSR count). The van der Waals surface area contributed by atoms with E-state index in [-0.39, 0.29) is 11.4 Å². The summed E-state index contributed by atoms with van der Waals surface area (Å²) in [4.78, 5) is 12.2. The summed E-state index contributed by atoms with van der Waals surface area (Å²) in [5.74, 6) is -0.0714. The minimum atomic E-state index is -0.310. The fourth-order valence-corrected chi connectivity index (χ4v) is 2.51. The molecular formula is C14H18BrNO2. The first-order valence-corrected chi connectivity index (χ1v) is 7.08. The maximum Gasteiger partial charge on any atom is 0.313 e. The molecule has 1 aromatic carbocycles. The van der Waals surface area contributed by atoms with Gasteiger partial charge in [-0.15, -0.1) is 0 Å². The molecule has 1 fully saturated rings. The standard InChI is InChI=1S/C14H18BrNO2/c1-2-14(7-8-16-10-14)13(17)18-9-11-3-5-12(15)6-4-11/h3-6,16H,2,7-10H2,1H3. The van der Waals surface area contributed by atoms with Gasteiger partial charge < -0.3 is 10.1 Å². The average Bonchev–Trinajstić information content (AvgIpc) is 2.88. The zero-order chi connectivity index (χ0) is 13.0. The molecule has 0 amide bonds. The van der Waals surface area contributed by atoms with E-state index in [1.54, 1.807) is 0 Å². The second kappa shape index (κ2) is 5.85. The summed E-state index contributed by atoms with van der Waals surface area (Å²) in [5, 5.41) is 3.24. The molecule has 0 radical (unpaired) electrons. The maximum atomic E-state index is 12.2. The molecule has 1 aromatic rings. The van der Waals surface area contributed by atoms with Crippen molar-refractivity contribution in [1.29, 1.82) is 0 Å². The van der Waals surface area contributed by atoms with Gasteiger partial charge in [-0.3, -0.25) is 4.79 Å². The topological polar surface area (TPSA) is 38.3 Å². The van der Waals surface area contributed by atoms with Gasteiger partial charge in [-0.1, -0.05) is 35.0 Å². The van der Waals surface area contributed by atoms with Crippen LogP contribution in [-0.4, -0.2) is 19.1 Å². The van der Waals surface area contributed by atoms with Gasteiger partial charge in [-0.25, -0.2) is 0 Å². The molecule has 98 valence electrons. The van der Waals surface area contributed by atoms with Crippen molar-refractivity contribution in [1.82, 2.24) is 5.32 Å². The van der Waals surface area contributed by atoms with Gasteiger partial charge in [0.05, 0.1) is 5.41 Å². The first-order chi connectivity index (χ1) is 8.66. The number of ether oxygens (including phenoxy) is 1. The van der Waals surface area contributed by atoms with Crippen LogP contribution in [0.25, 0.3) is 0 Å². The lowest BCUT2D eigenvalue weighted by molar-refractivity contribution is -0.156. The fourth-order valence-electron chi connectivity index (χ4n) is 2.25. The number of halogens is 1. The molecule has 4 heteroatoms. The molecule has 1 heterocycles. The molecule has 1 aliphatic heterocycles. The molecule has 1 aliphatic rings. The third-order valence-electron chi connectivity index (χ3n) is 3.64. The Kier molecular flexibility index (Phi) is 4.40. The van der Waals surface area contributed by atoms with Crippen LogP contribution in [-0.2, 0) is 16.1 Å². The molecule has 0 aliphatic carbocycles. The van der Waals surface area contributed by atoms with Crippen molar-refractivity contribution in [3.8, 4) is 0 Å². The lowest BCUT2D eigenvalue weighted by Gasteiger charge is -2.24.